The van der Waals surface area contributed by atoms with E-state index in [9.17, 15) is 14.4 Å². The summed E-state index contributed by atoms with van der Waals surface area (Å²) >= 11 is 0. The molecule has 2 aromatic rings. The number of amides is 3. The number of fused-ring (bicyclic) bond motifs is 3. The van der Waals surface area contributed by atoms with Gasteiger partial charge in [0.25, 0.3) is 5.91 Å². The Morgan fingerprint density at radius 2 is 1.75 bits per heavy atom. The number of carbonyl (C=O) groups excluding carboxylic acids is 3. The first-order chi connectivity index (χ1) is 15.1. The fourth-order valence-electron chi connectivity index (χ4n) is 4.90. The van der Waals surface area contributed by atoms with Gasteiger partial charge in [0.2, 0.25) is 11.8 Å². The number of anilines is 2. The first kappa shape index (κ1) is 22.1. The molecular formula is C26H31N3O3. The maximum atomic E-state index is 13.3. The fourth-order valence-corrected chi connectivity index (χ4v) is 4.90. The van der Waals surface area contributed by atoms with Crippen molar-refractivity contribution in [3.05, 3.63) is 59.7 Å². The highest BCUT2D eigenvalue weighted by molar-refractivity contribution is 6.10. The Morgan fingerprint density at radius 1 is 1.06 bits per heavy atom. The van der Waals surface area contributed by atoms with Crippen LogP contribution in [-0.4, -0.2) is 34.8 Å². The quantitative estimate of drug-likeness (QED) is 0.743. The molecule has 0 aliphatic carbocycles. The molecule has 0 bridgehead atoms. The van der Waals surface area contributed by atoms with Gasteiger partial charge in [-0.3, -0.25) is 19.3 Å². The minimum Gasteiger partial charge on any atom is -0.326 e. The molecule has 1 unspecified atom stereocenters. The molecule has 3 amide bonds. The van der Waals surface area contributed by atoms with Crippen molar-refractivity contribution >= 4 is 29.1 Å². The number of benzene rings is 2. The first-order valence-electron chi connectivity index (χ1n) is 11.3. The van der Waals surface area contributed by atoms with Crippen molar-refractivity contribution in [1.82, 2.24) is 4.90 Å². The molecule has 6 heteroatoms. The van der Waals surface area contributed by atoms with E-state index in [1.165, 1.54) is 0 Å². The average Bonchev–Trinajstić information content (AvgIpc) is 3.05. The van der Waals surface area contributed by atoms with Gasteiger partial charge in [-0.15, -0.1) is 0 Å². The molecular weight excluding hydrogens is 402 g/mol. The highest BCUT2D eigenvalue weighted by atomic mass is 16.2. The summed E-state index contributed by atoms with van der Waals surface area (Å²) in [5.41, 5.74) is 2.39. The van der Waals surface area contributed by atoms with Crippen LogP contribution in [0.2, 0.25) is 0 Å². The largest absolute Gasteiger partial charge is 0.326 e. The van der Waals surface area contributed by atoms with E-state index in [0.29, 0.717) is 43.5 Å². The van der Waals surface area contributed by atoms with Crippen LogP contribution in [0.1, 0.15) is 69.3 Å². The van der Waals surface area contributed by atoms with Gasteiger partial charge in [0.15, 0.2) is 0 Å². The van der Waals surface area contributed by atoms with Crippen LogP contribution >= 0.6 is 0 Å². The highest BCUT2D eigenvalue weighted by Crippen LogP contribution is 2.44. The van der Waals surface area contributed by atoms with E-state index in [1.54, 1.807) is 15.9 Å². The Labute approximate surface area is 189 Å². The Morgan fingerprint density at radius 3 is 2.50 bits per heavy atom. The Kier molecular flexibility index (Phi) is 5.57. The number of para-hydroxylation sites is 2. The van der Waals surface area contributed by atoms with Gasteiger partial charge in [0.1, 0.15) is 5.66 Å². The van der Waals surface area contributed by atoms with Crippen molar-refractivity contribution in [2.24, 2.45) is 0 Å². The van der Waals surface area contributed by atoms with Crippen molar-refractivity contribution in [2.75, 3.05) is 16.8 Å². The molecule has 1 fully saturated rings. The molecule has 0 aromatic heterocycles. The predicted octanol–water partition coefficient (Wildman–Crippen LogP) is 4.70. The summed E-state index contributed by atoms with van der Waals surface area (Å²) in [6.45, 7) is 8.72. The van der Waals surface area contributed by atoms with Crippen molar-refractivity contribution < 1.29 is 14.4 Å². The monoisotopic (exact) mass is 433 g/mol. The zero-order valence-corrected chi connectivity index (χ0v) is 19.3. The predicted molar refractivity (Wildman–Crippen MR) is 126 cm³/mol. The van der Waals surface area contributed by atoms with Crippen LogP contribution in [0, 0.1) is 0 Å². The van der Waals surface area contributed by atoms with E-state index >= 15 is 0 Å². The SMILES string of the molecule is CC(C)(C)c1ccccc1NC(=O)CCCN1C(=O)c2ccccc2N2C(=O)CCC12C. The van der Waals surface area contributed by atoms with Gasteiger partial charge in [0, 0.05) is 25.1 Å². The van der Waals surface area contributed by atoms with Gasteiger partial charge in [0.05, 0.1) is 11.3 Å². The summed E-state index contributed by atoms with van der Waals surface area (Å²) < 4.78 is 0. The van der Waals surface area contributed by atoms with Gasteiger partial charge >= 0.3 is 0 Å². The zero-order valence-electron chi connectivity index (χ0n) is 19.3. The van der Waals surface area contributed by atoms with Crippen molar-refractivity contribution in [3.8, 4) is 0 Å². The second-order valence-electron chi connectivity index (χ2n) is 9.87. The number of carbonyl (C=O) groups is 3. The van der Waals surface area contributed by atoms with Crippen molar-refractivity contribution in [1.29, 1.82) is 0 Å². The molecule has 168 valence electrons. The molecule has 2 aromatic carbocycles. The maximum absolute atomic E-state index is 13.3. The number of hydrogen-bond donors (Lipinski definition) is 1. The normalized spacial score (nSPS) is 20.2. The topological polar surface area (TPSA) is 69.7 Å². The lowest BCUT2D eigenvalue weighted by molar-refractivity contribution is -0.118. The average molecular weight is 434 g/mol. The van der Waals surface area contributed by atoms with Gasteiger partial charge in [-0.2, -0.15) is 0 Å². The van der Waals surface area contributed by atoms with E-state index in [1.807, 2.05) is 49.4 Å². The smallest absolute Gasteiger partial charge is 0.257 e. The summed E-state index contributed by atoms with van der Waals surface area (Å²) in [4.78, 5) is 42.2. The molecule has 6 nitrogen and oxygen atoms in total. The third-order valence-corrected chi connectivity index (χ3v) is 6.54. The highest BCUT2D eigenvalue weighted by Gasteiger charge is 2.52. The summed E-state index contributed by atoms with van der Waals surface area (Å²) in [5, 5.41) is 3.04. The van der Waals surface area contributed by atoms with Crippen LogP contribution in [0.4, 0.5) is 11.4 Å². The third-order valence-electron chi connectivity index (χ3n) is 6.54. The maximum Gasteiger partial charge on any atom is 0.257 e. The summed E-state index contributed by atoms with van der Waals surface area (Å²) in [7, 11) is 0. The second-order valence-corrected chi connectivity index (χ2v) is 9.87. The number of rotatable bonds is 5. The van der Waals surface area contributed by atoms with E-state index in [4.69, 9.17) is 0 Å². The summed E-state index contributed by atoms with van der Waals surface area (Å²) in [5.74, 6) is -0.113. The van der Waals surface area contributed by atoms with Crippen LogP contribution in [0.25, 0.3) is 0 Å². The van der Waals surface area contributed by atoms with Crippen molar-refractivity contribution in [3.63, 3.8) is 0 Å². The van der Waals surface area contributed by atoms with Gasteiger partial charge < -0.3 is 10.2 Å². The van der Waals surface area contributed by atoms with E-state index in [0.717, 1.165) is 11.3 Å². The molecule has 1 saturated heterocycles. The molecule has 2 aliphatic rings. The van der Waals surface area contributed by atoms with Crippen LogP contribution in [-0.2, 0) is 15.0 Å². The van der Waals surface area contributed by atoms with Crippen LogP contribution in [0.3, 0.4) is 0 Å². The Bertz CT molecular complexity index is 1070. The number of nitrogens with one attached hydrogen (secondary N) is 1. The second kappa shape index (κ2) is 8.08. The minimum atomic E-state index is -0.683. The lowest BCUT2D eigenvalue weighted by atomic mass is 9.86. The standard InChI is InChI=1S/C26H31N3O3/c1-25(2,3)19-11-6-7-12-20(19)27-22(30)14-9-17-28-24(32)18-10-5-8-13-21(18)29-23(31)15-16-26(28,29)4/h5-8,10-13H,9,14-17H2,1-4H3,(H,27,30). The van der Waals surface area contributed by atoms with E-state index < -0.39 is 5.66 Å². The van der Waals surface area contributed by atoms with Crippen LogP contribution < -0.4 is 10.2 Å². The van der Waals surface area contributed by atoms with Gasteiger partial charge in [-0.05, 0) is 48.9 Å². The molecule has 0 spiro atoms. The van der Waals surface area contributed by atoms with Crippen molar-refractivity contribution in [2.45, 2.75) is 64.5 Å². The zero-order chi connectivity index (χ0) is 23.1. The number of hydrogen-bond acceptors (Lipinski definition) is 3. The minimum absolute atomic E-state index is 0.0361. The van der Waals surface area contributed by atoms with Crippen LogP contribution in [0.15, 0.2) is 48.5 Å². The first-order valence-corrected chi connectivity index (χ1v) is 11.3. The molecule has 1 atom stereocenters. The molecule has 0 saturated carbocycles. The Hall–Kier alpha value is -3.15. The molecule has 0 radical (unpaired) electrons. The lowest BCUT2D eigenvalue weighted by Crippen LogP contribution is -2.62. The summed E-state index contributed by atoms with van der Waals surface area (Å²) in [6, 6.07) is 15.1. The fraction of sp³-hybridized carbons (Fsp3) is 0.423. The van der Waals surface area contributed by atoms with Gasteiger partial charge in [-0.25, -0.2) is 0 Å². The molecule has 4 rings (SSSR count). The molecule has 2 aliphatic heterocycles. The van der Waals surface area contributed by atoms with Crippen LogP contribution in [0.5, 0.6) is 0 Å². The summed E-state index contributed by atoms with van der Waals surface area (Å²) in [6.07, 6.45) is 1.83. The van der Waals surface area contributed by atoms with Gasteiger partial charge in [-0.1, -0.05) is 51.1 Å². The Balaban J connectivity index is 1.46. The number of nitrogens with zero attached hydrogens (tertiary/aromatic N) is 2. The lowest BCUT2D eigenvalue weighted by Gasteiger charge is -2.48. The molecule has 1 N–H and O–H groups in total. The van der Waals surface area contributed by atoms with E-state index in [-0.39, 0.29) is 23.1 Å². The molecule has 2 heterocycles. The third kappa shape index (κ3) is 3.78. The van der Waals surface area contributed by atoms with E-state index in [2.05, 4.69) is 26.1 Å². The molecule has 32 heavy (non-hydrogen) atoms.